The van der Waals surface area contributed by atoms with Gasteiger partial charge in [0.15, 0.2) is 0 Å². The van der Waals surface area contributed by atoms with Gasteiger partial charge in [-0.25, -0.2) is 4.79 Å². The molecule has 4 nitrogen and oxygen atoms in total. The van der Waals surface area contributed by atoms with Crippen molar-refractivity contribution in [3.05, 3.63) is 0 Å². The van der Waals surface area contributed by atoms with Crippen LogP contribution in [0.2, 0.25) is 0 Å². The average molecular weight is 188 g/mol. The maximum atomic E-state index is 10.6. The van der Waals surface area contributed by atoms with E-state index in [1.807, 2.05) is 20.8 Å². The Morgan fingerprint density at radius 1 is 1.46 bits per heavy atom. The van der Waals surface area contributed by atoms with Crippen molar-refractivity contribution in [1.82, 2.24) is 0 Å². The summed E-state index contributed by atoms with van der Waals surface area (Å²) in [6, 6.07) is 0. The SMILES string of the molecule is CC(C)(C)C(CCCN)OC(N)=O. The molecule has 4 N–H and O–H groups in total. The van der Waals surface area contributed by atoms with Crippen LogP contribution < -0.4 is 11.5 Å². The lowest BCUT2D eigenvalue weighted by Gasteiger charge is -2.29. The fourth-order valence-electron chi connectivity index (χ4n) is 1.11. The number of hydrogen-bond donors (Lipinski definition) is 2. The van der Waals surface area contributed by atoms with Gasteiger partial charge in [-0.05, 0) is 24.8 Å². The van der Waals surface area contributed by atoms with Crippen molar-refractivity contribution in [3.8, 4) is 0 Å². The van der Waals surface area contributed by atoms with Gasteiger partial charge >= 0.3 is 6.09 Å². The minimum Gasteiger partial charge on any atom is -0.446 e. The molecule has 0 rings (SSSR count). The number of nitrogens with two attached hydrogens (primary N) is 2. The van der Waals surface area contributed by atoms with E-state index < -0.39 is 6.09 Å². The van der Waals surface area contributed by atoms with Crippen LogP contribution in [-0.4, -0.2) is 18.7 Å². The molecule has 13 heavy (non-hydrogen) atoms. The summed E-state index contributed by atoms with van der Waals surface area (Å²) in [5, 5.41) is 0. The number of hydrogen-bond acceptors (Lipinski definition) is 3. The summed E-state index contributed by atoms with van der Waals surface area (Å²) in [6.45, 7) is 6.64. The van der Waals surface area contributed by atoms with Gasteiger partial charge in [0.25, 0.3) is 0 Å². The van der Waals surface area contributed by atoms with Gasteiger partial charge in [0.05, 0.1) is 0 Å². The number of rotatable bonds is 4. The highest BCUT2D eigenvalue weighted by molar-refractivity contribution is 5.64. The number of carbonyl (C=O) groups excluding carboxylic acids is 1. The van der Waals surface area contributed by atoms with Gasteiger partial charge in [0, 0.05) is 0 Å². The van der Waals surface area contributed by atoms with Crippen LogP contribution in [0.15, 0.2) is 0 Å². The zero-order chi connectivity index (χ0) is 10.5. The molecule has 1 amide bonds. The molecule has 0 aliphatic carbocycles. The lowest BCUT2D eigenvalue weighted by atomic mass is 9.86. The predicted octanol–water partition coefficient (Wildman–Crippen LogP) is 1.24. The first-order valence-electron chi connectivity index (χ1n) is 4.54. The van der Waals surface area contributed by atoms with Gasteiger partial charge in [0.1, 0.15) is 6.10 Å². The van der Waals surface area contributed by atoms with Gasteiger partial charge in [0.2, 0.25) is 0 Å². The van der Waals surface area contributed by atoms with Crippen molar-refractivity contribution >= 4 is 6.09 Å². The van der Waals surface area contributed by atoms with Crippen LogP contribution in [0.5, 0.6) is 0 Å². The van der Waals surface area contributed by atoms with Gasteiger partial charge < -0.3 is 16.2 Å². The molecule has 0 aromatic rings. The van der Waals surface area contributed by atoms with Crippen LogP contribution in [0.4, 0.5) is 4.79 Å². The third-order valence-electron chi connectivity index (χ3n) is 1.89. The molecule has 0 aromatic heterocycles. The molecule has 4 heteroatoms. The Bertz CT molecular complexity index is 163. The molecule has 0 saturated heterocycles. The number of ether oxygens (including phenoxy) is 1. The molecule has 0 radical (unpaired) electrons. The Morgan fingerprint density at radius 3 is 2.31 bits per heavy atom. The molecule has 0 spiro atoms. The molecule has 0 aliphatic rings. The quantitative estimate of drug-likeness (QED) is 0.696. The minimum atomic E-state index is -0.711. The smallest absolute Gasteiger partial charge is 0.404 e. The van der Waals surface area contributed by atoms with E-state index in [0.29, 0.717) is 6.54 Å². The summed E-state index contributed by atoms with van der Waals surface area (Å²) >= 11 is 0. The summed E-state index contributed by atoms with van der Waals surface area (Å²) in [7, 11) is 0. The van der Waals surface area contributed by atoms with E-state index in [4.69, 9.17) is 16.2 Å². The maximum Gasteiger partial charge on any atom is 0.404 e. The molecule has 1 unspecified atom stereocenters. The lowest BCUT2D eigenvalue weighted by Crippen LogP contribution is -2.34. The second-order valence-electron chi connectivity index (χ2n) is 4.22. The van der Waals surface area contributed by atoms with Gasteiger partial charge in [-0.3, -0.25) is 0 Å². The second kappa shape index (κ2) is 5.07. The third-order valence-corrected chi connectivity index (χ3v) is 1.89. The van der Waals surface area contributed by atoms with Crippen LogP contribution in [-0.2, 0) is 4.74 Å². The number of carbonyl (C=O) groups is 1. The Hall–Kier alpha value is -0.770. The highest BCUT2D eigenvalue weighted by atomic mass is 16.6. The van der Waals surface area contributed by atoms with E-state index in [9.17, 15) is 4.79 Å². The lowest BCUT2D eigenvalue weighted by molar-refractivity contribution is 0.0306. The van der Waals surface area contributed by atoms with Gasteiger partial charge in [-0.15, -0.1) is 0 Å². The fourth-order valence-corrected chi connectivity index (χ4v) is 1.11. The third kappa shape index (κ3) is 5.47. The molecule has 0 aromatic carbocycles. The fraction of sp³-hybridized carbons (Fsp3) is 0.889. The molecule has 78 valence electrons. The normalized spacial score (nSPS) is 13.8. The summed E-state index contributed by atoms with van der Waals surface area (Å²) < 4.78 is 5.00. The van der Waals surface area contributed by atoms with Crippen LogP contribution in [0.3, 0.4) is 0 Å². The average Bonchev–Trinajstić information content (AvgIpc) is 1.95. The molecule has 0 heterocycles. The summed E-state index contributed by atoms with van der Waals surface area (Å²) in [5.74, 6) is 0. The minimum absolute atomic E-state index is 0.0792. The first kappa shape index (κ1) is 12.2. The maximum absolute atomic E-state index is 10.6. The summed E-state index contributed by atoms with van der Waals surface area (Å²) in [6.07, 6.45) is 0.753. The zero-order valence-electron chi connectivity index (χ0n) is 8.67. The second-order valence-corrected chi connectivity index (χ2v) is 4.22. The van der Waals surface area contributed by atoms with Crippen molar-refractivity contribution in [2.75, 3.05) is 6.54 Å². The van der Waals surface area contributed by atoms with Crippen LogP contribution in [0.1, 0.15) is 33.6 Å². The van der Waals surface area contributed by atoms with Crippen molar-refractivity contribution in [2.24, 2.45) is 16.9 Å². The van der Waals surface area contributed by atoms with Crippen molar-refractivity contribution in [2.45, 2.75) is 39.7 Å². The van der Waals surface area contributed by atoms with E-state index in [2.05, 4.69) is 0 Å². The number of amides is 1. The van der Waals surface area contributed by atoms with Crippen molar-refractivity contribution in [1.29, 1.82) is 0 Å². The zero-order valence-corrected chi connectivity index (χ0v) is 8.67. The molecular weight excluding hydrogens is 168 g/mol. The van der Waals surface area contributed by atoms with Crippen molar-refractivity contribution < 1.29 is 9.53 Å². The highest BCUT2D eigenvalue weighted by Gasteiger charge is 2.26. The van der Waals surface area contributed by atoms with E-state index in [1.165, 1.54) is 0 Å². The van der Waals surface area contributed by atoms with Crippen LogP contribution >= 0.6 is 0 Å². The summed E-state index contributed by atoms with van der Waals surface area (Å²) in [5.41, 5.74) is 10.3. The Labute approximate surface area is 79.6 Å². The Morgan fingerprint density at radius 2 is 2.00 bits per heavy atom. The first-order chi connectivity index (χ1) is 5.88. The van der Waals surface area contributed by atoms with Gasteiger partial charge in [-0.1, -0.05) is 20.8 Å². The largest absolute Gasteiger partial charge is 0.446 e. The van der Waals surface area contributed by atoms with Crippen LogP contribution in [0, 0.1) is 5.41 Å². The highest BCUT2D eigenvalue weighted by Crippen LogP contribution is 2.25. The Balaban J connectivity index is 4.11. The van der Waals surface area contributed by atoms with E-state index in [0.717, 1.165) is 12.8 Å². The molecule has 0 fully saturated rings. The summed E-state index contributed by atoms with van der Waals surface area (Å²) in [4.78, 5) is 10.6. The van der Waals surface area contributed by atoms with Crippen LogP contribution in [0.25, 0.3) is 0 Å². The molecule has 0 saturated carbocycles. The monoisotopic (exact) mass is 188 g/mol. The van der Waals surface area contributed by atoms with E-state index in [1.54, 1.807) is 0 Å². The van der Waals surface area contributed by atoms with Crippen molar-refractivity contribution in [3.63, 3.8) is 0 Å². The number of primary amides is 1. The van der Waals surface area contributed by atoms with Gasteiger partial charge in [-0.2, -0.15) is 0 Å². The van der Waals surface area contributed by atoms with E-state index in [-0.39, 0.29) is 11.5 Å². The predicted molar refractivity (Wildman–Crippen MR) is 52.2 cm³/mol. The standard InChI is InChI=1S/C9H20N2O2/c1-9(2,3)7(5-4-6-10)13-8(11)12/h7H,4-6,10H2,1-3H3,(H2,11,12). The topological polar surface area (TPSA) is 78.3 Å². The van der Waals surface area contributed by atoms with E-state index >= 15 is 0 Å². The molecule has 1 atom stereocenters. The molecular formula is C9H20N2O2. The molecule has 0 bridgehead atoms. The first-order valence-corrected chi connectivity index (χ1v) is 4.54. The molecule has 0 aliphatic heterocycles. The Kier molecular flexibility index (Phi) is 4.77.